The molecule has 8 heteroatoms. The lowest BCUT2D eigenvalue weighted by Gasteiger charge is -2.21. The van der Waals surface area contributed by atoms with E-state index in [2.05, 4.69) is 18.7 Å². The van der Waals surface area contributed by atoms with Gasteiger partial charge in [-0.1, -0.05) is 110 Å². The summed E-state index contributed by atoms with van der Waals surface area (Å²) in [7, 11) is 0. The first kappa shape index (κ1) is 42.8. The minimum Gasteiger partial charge on any atom is -0.481 e. The van der Waals surface area contributed by atoms with E-state index in [-0.39, 0.29) is 25.3 Å². The van der Waals surface area contributed by atoms with Crippen molar-refractivity contribution >= 4 is 11.9 Å². The fourth-order valence-electron chi connectivity index (χ4n) is 5.31. The molecular weight excluding hydrogens is 558 g/mol. The molecule has 0 aliphatic carbocycles. The van der Waals surface area contributed by atoms with Crippen LogP contribution in [0.3, 0.4) is 0 Å². The summed E-state index contributed by atoms with van der Waals surface area (Å²) in [6.07, 6.45) is 24.5. The molecule has 0 atom stereocenters. The Balaban J connectivity index is 4.04. The Morgan fingerprint density at radius 1 is 0.568 bits per heavy atom. The lowest BCUT2D eigenvalue weighted by Crippen LogP contribution is -2.29. The molecule has 0 aliphatic rings. The molecule has 0 heterocycles. The number of aliphatic hydroxyl groups excluding tert-OH is 1. The lowest BCUT2D eigenvalue weighted by atomic mass is 10.1. The molecule has 2 N–H and O–H groups in total. The average Bonchev–Trinajstić information content (AvgIpc) is 3.01. The van der Waals surface area contributed by atoms with Gasteiger partial charge in [-0.25, -0.2) is 0 Å². The molecule has 0 saturated heterocycles. The van der Waals surface area contributed by atoms with Crippen LogP contribution in [0.25, 0.3) is 0 Å². The van der Waals surface area contributed by atoms with Gasteiger partial charge in [-0.3, -0.25) is 9.59 Å². The summed E-state index contributed by atoms with van der Waals surface area (Å²) in [6.45, 7) is 9.12. The second-order valence-corrected chi connectivity index (χ2v) is 12.4. The third kappa shape index (κ3) is 32.2. The number of hydrogen-bond acceptors (Lipinski definition) is 7. The predicted molar refractivity (Wildman–Crippen MR) is 180 cm³/mol. The monoisotopic (exact) mass is 630 g/mol. The Morgan fingerprint density at radius 3 is 1.52 bits per heavy atom. The molecule has 0 bridgehead atoms. The number of aliphatic hydroxyl groups is 1. The Bertz CT molecular complexity index is 601. The first-order chi connectivity index (χ1) is 21.5. The molecule has 0 saturated carbocycles. The zero-order valence-electron chi connectivity index (χ0n) is 28.9. The van der Waals surface area contributed by atoms with E-state index in [4.69, 9.17) is 19.3 Å². The molecule has 0 radical (unpaired) electrons. The van der Waals surface area contributed by atoms with Gasteiger partial charge >= 0.3 is 11.9 Å². The van der Waals surface area contributed by atoms with Crippen molar-refractivity contribution in [3.63, 3.8) is 0 Å². The summed E-state index contributed by atoms with van der Waals surface area (Å²) in [5, 5.41) is 18.1. The van der Waals surface area contributed by atoms with E-state index in [0.29, 0.717) is 39.2 Å². The number of carboxylic acid groups (broad SMARTS) is 1. The van der Waals surface area contributed by atoms with Gasteiger partial charge in [0.2, 0.25) is 0 Å². The van der Waals surface area contributed by atoms with Crippen LogP contribution in [-0.4, -0.2) is 79.4 Å². The lowest BCUT2D eigenvalue weighted by molar-refractivity contribution is -0.159. The smallest absolute Gasteiger partial charge is 0.305 e. The zero-order valence-corrected chi connectivity index (χ0v) is 28.9. The summed E-state index contributed by atoms with van der Waals surface area (Å²) >= 11 is 0. The molecule has 8 nitrogen and oxygen atoms in total. The van der Waals surface area contributed by atoms with Gasteiger partial charge in [0.15, 0.2) is 6.29 Å². The largest absolute Gasteiger partial charge is 0.481 e. The van der Waals surface area contributed by atoms with Crippen LogP contribution in [0.15, 0.2) is 0 Å². The van der Waals surface area contributed by atoms with E-state index in [9.17, 15) is 14.7 Å². The Hall–Kier alpha value is -1.22. The van der Waals surface area contributed by atoms with E-state index in [1.54, 1.807) is 0 Å². The van der Waals surface area contributed by atoms with Crippen LogP contribution in [0.2, 0.25) is 0 Å². The summed E-state index contributed by atoms with van der Waals surface area (Å²) < 4.78 is 17.6. The zero-order chi connectivity index (χ0) is 32.4. The molecule has 0 amide bonds. The fourth-order valence-corrected chi connectivity index (χ4v) is 5.31. The number of carbonyl (C=O) groups excluding carboxylic acids is 1. The van der Waals surface area contributed by atoms with E-state index in [1.165, 1.54) is 64.2 Å². The van der Waals surface area contributed by atoms with E-state index < -0.39 is 5.97 Å². The van der Waals surface area contributed by atoms with Crippen molar-refractivity contribution in [3.05, 3.63) is 0 Å². The quantitative estimate of drug-likeness (QED) is 0.0403. The topological polar surface area (TPSA) is 106 Å². The number of esters is 1. The van der Waals surface area contributed by atoms with Gasteiger partial charge in [0, 0.05) is 32.6 Å². The molecule has 44 heavy (non-hydrogen) atoms. The van der Waals surface area contributed by atoms with Gasteiger partial charge < -0.3 is 29.3 Å². The van der Waals surface area contributed by atoms with Gasteiger partial charge in [0.1, 0.15) is 0 Å². The molecular formula is C36H71NO7. The second kappa shape index (κ2) is 34.6. The van der Waals surface area contributed by atoms with Crippen LogP contribution in [-0.2, 0) is 23.8 Å². The van der Waals surface area contributed by atoms with Crippen LogP contribution in [0.1, 0.15) is 168 Å². The maximum Gasteiger partial charge on any atom is 0.305 e. The van der Waals surface area contributed by atoms with E-state index in [1.807, 2.05) is 0 Å². The van der Waals surface area contributed by atoms with Gasteiger partial charge in [-0.2, -0.15) is 0 Å². The summed E-state index contributed by atoms with van der Waals surface area (Å²) in [5.74, 6) is -0.882. The SMILES string of the molecule is CCCCCCCCOC(CCC(=O)OCCCCCCN(CCO)CCCCCCCC(=O)O)OCCCCCCCC. The standard InChI is InChI=1S/C36H71NO7/c1-3-5-7-9-15-22-32-43-36(44-33-23-16-10-8-6-4-2)26-25-35(41)42-31-21-17-14-20-28-37(29-30-38)27-19-13-11-12-18-24-34(39)40/h36,38H,3-33H2,1-2H3,(H,39,40). The van der Waals surface area contributed by atoms with Crippen molar-refractivity contribution < 1.29 is 34.0 Å². The Morgan fingerprint density at radius 2 is 1.02 bits per heavy atom. The molecule has 0 aromatic carbocycles. The number of hydrogen-bond donors (Lipinski definition) is 2. The number of unbranched alkanes of at least 4 members (excludes halogenated alkanes) is 17. The van der Waals surface area contributed by atoms with Crippen LogP contribution in [0.5, 0.6) is 0 Å². The molecule has 0 aromatic heterocycles. The highest BCUT2D eigenvalue weighted by atomic mass is 16.7. The maximum atomic E-state index is 12.4. The first-order valence-corrected chi connectivity index (χ1v) is 18.5. The van der Waals surface area contributed by atoms with Crippen molar-refractivity contribution in [2.24, 2.45) is 0 Å². The minimum absolute atomic E-state index is 0.168. The summed E-state index contributed by atoms with van der Waals surface area (Å²) in [4.78, 5) is 25.3. The average molecular weight is 630 g/mol. The Labute approximate surface area is 271 Å². The molecule has 0 spiro atoms. The summed E-state index contributed by atoms with van der Waals surface area (Å²) in [5.41, 5.74) is 0. The second-order valence-electron chi connectivity index (χ2n) is 12.4. The predicted octanol–water partition coefficient (Wildman–Crippen LogP) is 8.67. The van der Waals surface area contributed by atoms with E-state index in [0.717, 1.165) is 83.7 Å². The highest BCUT2D eigenvalue weighted by Gasteiger charge is 2.13. The Kier molecular flexibility index (Phi) is 33.7. The first-order valence-electron chi connectivity index (χ1n) is 18.5. The summed E-state index contributed by atoms with van der Waals surface area (Å²) in [6, 6.07) is 0. The number of ether oxygens (including phenoxy) is 3. The number of rotatable bonds is 36. The number of aliphatic carboxylic acids is 1. The van der Waals surface area contributed by atoms with Gasteiger partial charge in [-0.15, -0.1) is 0 Å². The van der Waals surface area contributed by atoms with Crippen LogP contribution in [0.4, 0.5) is 0 Å². The minimum atomic E-state index is -0.714. The number of carbonyl (C=O) groups is 2. The molecule has 0 aliphatic heterocycles. The van der Waals surface area contributed by atoms with Crippen molar-refractivity contribution in [2.45, 2.75) is 174 Å². The van der Waals surface area contributed by atoms with Crippen molar-refractivity contribution in [2.75, 3.05) is 46.1 Å². The number of nitrogens with zero attached hydrogens (tertiary/aromatic N) is 1. The van der Waals surface area contributed by atoms with Gasteiger partial charge in [0.05, 0.1) is 19.6 Å². The third-order valence-electron chi connectivity index (χ3n) is 8.10. The molecule has 0 fully saturated rings. The molecule has 0 aromatic rings. The highest BCUT2D eigenvalue weighted by Crippen LogP contribution is 2.13. The van der Waals surface area contributed by atoms with Crippen molar-refractivity contribution in [1.29, 1.82) is 0 Å². The normalized spacial score (nSPS) is 11.6. The van der Waals surface area contributed by atoms with Crippen LogP contribution >= 0.6 is 0 Å². The van der Waals surface area contributed by atoms with Crippen LogP contribution < -0.4 is 0 Å². The fraction of sp³-hybridized carbons (Fsp3) is 0.944. The van der Waals surface area contributed by atoms with Gasteiger partial charge in [0.25, 0.3) is 0 Å². The van der Waals surface area contributed by atoms with E-state index >= 15 is 0 Å². The molecule has 262 valence electrons. The highest BCUT2D eigenvalue weighted by molar-refractivity contribution is 5.69. The van der Waals surface area contributed by atoms with Crippen LogP contribution in [0, 0.1) is 0 Å². The molecule has 0 rings (SSSR count). The third-order valence-corrected chi connectivity index (χ3v) is 8.10. The van der Waals surface area contributed by atoms with Gasteiger partial charge in [-0.05, 0) is 51.6 Å². The van der Waals surface area contributed by atoms with Crippen molar-refractivity contribution in [3.8, 4) is 0 Å². The van der Waals surface area contributed by atoms with Crippen molar-refractivity contribution in [1.82, 2.24) is 4.90 Å². The maximum absolute atomic E-state index is 12.4. The number of carboxylic acids is 1. The molecule has 0 unspecified atom stereocenters.